The zero-order chi connectivity index (χ0) is 10.6. The van der Waals surface area contributed by atoms with E-state index in [0.717, 1.165) is 0 Å². The SMILES string of the molecule is COc1ccc([C@@H](N)CC#N)c(O)c1.Cl. The van der Waals surface area contributed by atoms with Crippen LogP contribution in [0.25, 0.3) is 0 Å². The number of nitrogens with two attached hydrogens (primary N) is 1. The molecule has 4 nitrogen and oxygen atoms in total. The second kappa shape index (κ2) is 6.12. The first-order valence-corrected chi connectivity index (χ1v) is 4.18. The zero-order valence-electron chi connectivity index (χ0n) is 8.30. The number of hydrogen-bond acceptors (Lipinski definition) is 4. The fraction of sp³-hybridized carbons (Fsp3) is 0.300. The maximum atomic E-state index is 9.55. The topological polar surface area (TPSA) is 79.3 Å². The van der Waals surface area contributed by atoms with E-state index in [9.17, 15) is 5.11 Å². The van der Waals surface area contributed by atoms with Crippen molar-refractivity contribution in [1.29, 1.82) is 5.26 Å². The summed E-state index contributed by atoms with van der Waals surface area (Å²) in [6.45, 7) is 0. The molecule has 1 atom stereocenters. The molecule has 1 rings (SSSR count). The summed E-state index contributed by atoms with van der Waals surface area (Å²) in [5.41, 5.74) is 6.24. The summed E-state index contributed by atoms with van der Waals surface area (Å²) in [4.78, 5) is 0. The van der Waals surface area contributed by atoms with Crippen LogP contribution in [0.4, 0.5) is 0 Å². The van der Waals surface area contributed by atoms with Gasteiger partial charge in [0.25, 0.3) is 0 Å². The average Bonchev–Trinajstić information content (AvgIpc) is 2.17. The van der Waals surface area contributed by atoms with Gasteiger partial charge in [-0.1, -0.05) is 6.07 Å². The van der Waals surface area contributed by atoms with Crippen molar-refractivity contribution >= 4 is 12.4 Å². The van der Waals surface area contributed by atoms with Crippen LogP contribution in [-0.4, -0.2) is 12.2 Å². The van der Waals surface area contributed by atoms with Crippen molar-refractivity contribution in [3.8, 4) is 17.6 Å². The smallest absolute Gasteiger partial charge is 0.124 e. The van der Waals surface area contributed by atoms with Crippen molar-refractivity contribution in [2.45, 2.75) is 12.5 Å². The Labute approximate surface area is 94.7 Å². The van der Waals surface area contributed by atoms with Crippen molar-refractivity contribution < 1.29 is 9.84 Å². The standard InChI is InChI=1S/C10H12N2O2.ClH/c1-14-7-2-3-8(10(13)6-7)9(12)4-5-11;/h2-3,6,9,13H,4,12H2,1H3;1H/t9-;/m0./s1. The fourth-order valence-corrected chi connectivity index (χ4v) is 1.17. The highest BCUT2D eigenvalue weighted by atomic mass is 35.5. The molecule has 0 radical (unpaired) electrons. The number of aromatic hydroxyl groups is 1. The molecule has 1 aromatic rings. The first-order chi connectivity index (χ1) is 6.69. The number of rotatable bonds is 3. The highest BCUT2D eigenvalue weighted by Crippen LogP contribution is 2.28. The Balaban J connectivity index is 0.00000196. The number of nitrogens with zero attached hydrogens (tertiary/aromatic N) is 1. The largest absolute Gasteiger partial charge is 0.507 e. The summed E-state index contributed by atoms with van der Waals surface area (Å²) < 4.78 is 4.92. The van der Waals surface area contributed by atoms with Crippen LogP contribution in [-0.2, 0) is 0 Å². The van der Waals surface area contributed by atoms with Crippen LogP contribution in [0.15, 0.2) is 18.2 Å². The minimum atomic E-state index is -0.453. The van der Waals surface area contributed by atoms with Gasteiger partial charge in [0.2, 0.25) is 0 Å². The maximum absolute atomic E-state index is 9.55. The zero-order valence-corrected chi connectivity index (χ0v) is 9.12. The van der Waals surface area contributed by atoms with Gasteiger partial charge in [-0.15, -0.1) is 12.4 Å². The van der Waals surface area contributed by atoms with E-state index in [1.54, 1.807) is 12.1 Å². The number of phenols is 1. The van der Waals surface area contributed by atoms with E-state index >= 15 is 0 Å². The van der Waals surface area contributed by atoms with Crippen molar-refractivity contribution in [2.24, 2.45) is 5.73 Å². The van der Waals surface area contributed by atoms with Gasteiger partial charge in [0, 0.05) is 17.7 Å². The molecular formula is C10H13ClN2O2. The van der Waals surface area contributed by atoms with Gasteiger partial charge < -0.3 is 15.6 Å². The predicted octanol–water partition coefficient (Wildman–Crippen LogP) is 1.74. The lowest BCUT2D eigenvalue weighted by Crippen LogP contribution is -2.09. The molecule has 0 aliphatic carbocycles. The van der Waals surface area contributed by atoms with Gasteiger partial charge in [0.1, 0.15) is 11.5 Å². The highest BCUT2D eigenvalue weighted by Gasteiger charge is 2.10. The molecule has 15 heavy (non-hydrogen) atoms. The molecule has 0 spiro atoms. The van der Waals surface area contributed by atoms with E-state index in [-0.39, 0.29) is 24.6 Å². The van der Waals surface area contributed by atoms with E-state index in [1.807, 2.05) is 6.07 Å². The molecule has 3 N–H and O–H groups in total. The summed E-state index contributed by atoms with van der Waals surface area (Å²) in [7, 11) is 1.52. The monoisotopic (exact) mass is 228 g/mol. The first kappa shape index (κ1) is 13.6. The number of methoxy groups -OCH3 is 1. The summed E-state index contributed by atoms with van der Waals surface area (Å²) in [5.74, 6) is 0.627. The van der Waals surface area contributed by atoms with Crippen LogP contribution in [0.5, 0.6) is 11.5 Å². The predicted molar refractivity (Wildman–Crippen MR) is 59.1 cm³/mol. The average molecular weight is 229 g/mol. The summed E-state index contributed by atoms with van der Waals surface area (Å²) in [5, 5.41) is 18.0. The van der Waals surface area contributed by atoms with Crippen LogP contribution in [0.2, 0.25) is 0 Å². The van der Waals surface area contributed by atoms with Crippen LogP contribution in [0.1, 0.15) is 18.0 Å². The van der Waals surface area contributed by atoms with Crippen molar-refractivity contribution in [2.75, 3.05) is 7.11 Å². The summed E-state index contributed by atoms with van der Waals surface area (Å²) in [6, 6.07) is 6.34. The Hall–Kier alpha value is -1.44. The van der Waals surface area contributed by atoms with Gasteiger partial charge in [-0.05, 0) is 6.07 Å². The van der Waals surface area contributed by atoms with E-state index in [1.165, 1.54) is 13.2 Å². The number of hydrogen-bond donors (Lipinski definition) is 2. The second-order valence-corrected chi connectivity index (χ2v) is 2.89. The lowest BCUT2D eigenvalue weighted by Gasteiger charge is -2.10. The van der Waals surface area contributed by atoms with Crippen LogP contribution in [0, 0.1) is 11.3 Å². The van der Waals surface area contributed by atoms with Crippen molar-refractivity contribution in [3.63, 3.8) is 0 Å². The van der Waals surface area contributed by atoms with E-state index in [0.29, 0.717) is 11.3 Å². The third-order valence-electron chi connectivity index (χ3n) is 1.95. The quantitative estimate of drug-likeness (QED) is 0.826. The molecule has 0 aliphatic heterocycles. The Morgan fingerprint density at radius 1 is 1.60 bits per heavy atom. The molecule has 1 aromatic carbocycles. The number of ether oxygens (including phenoxy) is 1. The maximum Gasteiger partial charge on any atom is 0.124 e. The first-order valence-electron chi connectivity index (χ1n) is 4.18. The molecule has 82 valence electrons. The second-order valence-electron chi connectivity index (χ2n) is 2.89. The molecule has 0 fully saturated rings. The minimum Gasteiger partial charge on any atom is -0.507 e. The number of phenolic OH excluding ortho intramolecular Hbond substituents is 1. The van der Waals surface area contributed by atoms with Crippen molar-refractivity contribution in [1.82, 2.24) is 0 Å². The molecule has 0 aliphatic rings. The molecule has 0 amide bonds. The van der Waals surface area contributed by atoms with Crippen LogP contribution < -0.4 is 10.5 Å². The molecule has 0 heterocycles. The number of benzene rings is 1. The molecular weight excluding hydrogens is 216 g/mol. The van der Waals surface area contributed by atoms with Gasteiger partial charge in [-0.3, -0.25) is 0 Å². The lowest BCUT2D eigenvalue weighted by molar-refractivity contribution is 0.405. The number of halogens is 1. The fourth-order valence-electron chi connectivity index (χ4n) is 1.17. The van der Waals surface area contributed by atoms with Gasteiger partial charge in [-0.25, -0.2) is 0 Å². The third-order valence-corrected chi connectivity index (χ3v) is 1.95. The van der Waals surface area contributed by atoms with Crippen molar-refractivity contribution in [3.05, 3.63) is 23.8 Å². The Kier molecular flexibility index (Phi) is 5.53. The lowest BCUT2D eigenvalue weighted by atomic mass is 10.0. The Morgan fingerprint density at radius 3 is 2.73 bits per heavy atom. The normalized spacial score (nSPS) is 11.0. The molecule has 0 saturated carbocycles. The van der Waals surface area contributed by atoms with Gasteiger partial charge in [-0.2, -0.15) is 5.26 Å². The Bertz CT molecular complexity index is 363. The van der Waals surface area contributed by atoms with Gasteiger partial charge in [0.15, 0.2) is 0 Å². The van der Waals surface area contributed by atoms with E-state index < -0.39 is 6.04 Å². The van der Waals surface area contributed by atoms with E-state index in [2.05, 4.69) is 0 Å². The third kappa shape index (κ3) is 3.31. The molecule has 0 unspecified atom stereocenters. The molecule has 0 saturated heterocycles. The molecule has 5 heteroatoms. The van der Waals surface area contributed by atoms with Crippen LogP contribution in [0.3, 0.4) is 0 Å². The summed E-state index contributed by atoms with van der Waals surface area (Å²) >= 11 is 0. The van der Waals surface area contributed by atoms with E-state index in [4.69, 9.17) is 15.7 Å². The minimum absolute atomic E-state index is 0. The van der Waals surface area contributed by atoms with Crippen LogP contribution >= 0.6 is 12.4 Å². The Morgan fingerprint density at radius 2 is 2.27 bits per heavy atom. The molecule has 0 aromatic heterocycles. The van der Waals surface area contributed by atoms with Gasteiger partial charge in [0.05, 0.1) is 19.6 Å². The highest BCUT2D eigenvalue weighted by molar-refractivity contribution is 5.85. The molecule has 0 bridgehead atoms. The van der Waals surface area contributed by atoms with Gasteiger partial charge >= 0.3 is 0 Å². The summed E-state index contributed by atoms with van der Waals surface area (Å²) in [6.07, 6.45) is 0.180. The number of nitriles is 1.